The molecule has 0 spiro atoms. The molecule has 1 atom stereocenters. The number of Topliss-reactive ketones (excluding diaryl/α,β-unsaturated/α-hetero) is 1. The van der Waals surface area contributed by atoms with Crippen LogP contribution in [0.1, 0.15) is 56.0 Å². The summed E-state index contributed by atoms with van der Waals surface area (Å²) in [7, 11) is -3.34. The van der Waals surface area contributed by atoms with Crippen molar-refractivity contribution in [2.45, 2.75) is 52.1 Å². The summed E-state index contributed by atoms with van der Waals surface area (Å²) in [5.74, 6) is -0.429. The molecule has 2 heterocycles. The van der Waals surface area contributed by atoms with Gasteiger partial charge in [0.05, 0.1) is 23.0 Å². The largest absolute Gasteiger partial charge is 0.435 e. The topological polar surface area (TPSA) is 84.0 Å². The summed E-state index contributed by atoms with van der Waals surface area (Å²) >= 11 is 0. The van der Waals surface area contributed by atoms with Crippen molar-refractivity contribution < 1.29 is 31.5 Å². The molecule has 2 aromatic rings. The number of fused-ring (bicyclic) bond motifs is 1. The van der Waals surface area contributed by atoms with Gasteiger partial charge in [0.15, 0.2) is 5.78 Å². The Bertz CT molecular complexity index is 1310. The average molecular weight is 521 g/mol. The van der Waals surface area contributed by atoms with Crippen LogP contribution in [0, 0.1) is 5.41 Å². The number of halogens is 2. The molecule has 1 saturated heterocycles. The second-order valence-corrected chi connectivity index (χ2v) is 12.5. The molecule has 10 heteroatoms. The highest BCUT2D eigenvalue weighted by molar-refractivity contribution is 7.88. The van der Waals surface area contributed by atoms with E-state index in [0.717, 1.165) is 6.42 Å². The Morgan fingerprint density at radius 3 is 2.53 bits per heavy atom. The number of hydrogen-bond donors (Lipinski definition) is 0. The number of hydrogen-bond acceptors (Lipinski definition) is 5. The minimum atomic E-state index is -3.34. The smallest absolute Gasteiger partial charge is 0.387 e. The van der Waals surface area contributed by atoms with Crippen LogP contribution in [0.25, 0.3) is 0 Å². The van der Waals surface area contributed by atoms with Crippen molar-refractivity contribution in [2.75, 3.05) is 24.2 Å². The number of piperidine rings is 1. The summed E-state index contributed by atoms with van der Waals surface area (Å²) in [5.41, 5.74) is 0.629. The zero-order valence-electron chi connectivity index (χ0n) is 20.8. The number of rotatable bonds is 7. The lowest BCUT2D eigenvalue weighted by Crippen LogP contribution is -2.45. The second-order valence-electron chi connectivity index (χ2n) is 10.5. The highest BCUT2D eigenvalue weighted by atomic mass is 32.2. The average Bonchev–Trinajstić information content (AvgIpc) is 2.97. The fourth-order valence-electron chi connectivity index (χ4n) is 5.15. The molecule has 2 aliphatic heterocycles. The molecule has 0 N–H and O–H groups in total. The summed E-state index contributed by atoms with van der Waals surface area (Å²) in [6, 6.07) is 11.0. The molecule has 2 aromatic carbocycles. The maximum absolute atomic E-state index is 13.4. The number of nitrogens with zero attached hydrogens (tertiary/aromatic N) is 2. The molecule has 2 aliphatic rings. The van der Waals surface area contributed by atoms with Crippen LogP contribution in [-0.2, 0) is 20.2 Å². The summed E-state index contributed by atoms with van der Waals surface area (Å²) in [5, 5.41) is 0. The number of sulfonamides is 1. The molecule has 1 unspecified atom stereocenters. The third-order valence-corrected chi connectivity index (χ3v) is 8.32. The number of ketones is 1. The van der Waals surface area contributed by atoms with Crippen LogP contribution in [0.4, 0.5) is 20.2 Å². The quantitative estimate of drug-likeness (QED) is 0.486. The highest BCUT2D eigenvalue weighted by Crippen LogP contribution is 2.46. The van der Waals surface area contributed by atoms with Crippen LogP contribution in [0.5, 0.6) is 5.75 Å². The van der Waals surface area contributed by atoms with Crippen molar-refractivity contribution >= 4 is 33.1 Å². The lowest BCUT2D eigenvalue weighted by Gasteiger charge is -2.39. The molecular formula is C26H30F2N2O5S. The molecule has 0 bridgehead atoms. The van der Waals surface area contributed by atoms with Gasteiger partial charge in [-0.1, -0.05) is 13.0 Å². The standard InChI is InChI=1S/C26H30F2N2O5S/c1-25(2)20-13-17(22(31)15-26(3)11-6-12-29(16-26)36(4,33)34)9-10-21(20)30(23(25)32)18-7-5-8-19(14-18)35-24(27)28/h5,7-10,13-14,24H,6,11-12,15-16H2,1-4H3. The Morgan fingerprint density at radius 2 is 1.86 bits per heavy atom. The number of ether oxygens (including phenoxy) is 1. The van der Waals surface area contributed by atoms with E-state index < -0.39 is 27.5 Å². The predicted molar refractivity (Wildman–Crippen MR) is 132 cm³/mol. The lowest BCUT2D eigenvalue weighted by atomic mass is 9.77. The molecule has 7 nitrogen and oxygen atoms in total. The monoisotopic (exact) mass is 520 g/mol. The van der Waals surface area contributed by atoms with Crippen molar-refractivity contribution in [3.63, 3.8) is 0 Å². The zero-order chi connectivity index (χ0) is 26.5. The predicted octanol–water partition coefficient (Wildman–Crippen LogP) is 4.88. The third-order valence-electron chi connectivity index (χ3n) is 7.07. The molecular weight excluding hydrogens is 490 g/mol. The van der Waals surface area contributed by atoms with E-state index in [2.05, 4.69) is 4.74 Å². The Morgan fingerprint density at radius 1 is 1.14 bits per heavy atom. The maximum atomic E-state index is 13.4. The SMILES string of the molecule is CC1(CC(=O)c2ccc3c(c2)C(C)(C)C(=O)N3c2cccc(OC(F)F)c2)CCCN(S(C)(=O)=O)C1. The fraction of sp³-hybridized carbons (Fsp3) is 0.462. The Kier molecular flexibility index (Phi) is 6.72. The van der Waals surface area contributed by atoms with Gasteiger partial charge in [-0.05, 0) is 68.0 Å². The third kappa shape index (κ3) is 5.01. The number of amides is 1. The van der Waals surface area contributed by atoms with E-state index in [9.17, 15) is 26.8 Å². The van der Waals surface area contributed by atoms with E-state index in [1.807, 2.05) is 6.92 Å². The molecule has 0 saturated carbocycles. The van der Waals surface area contributed by atoms with E-state index in [1.165, 1.54) is 33.7 Å². The first kappa shape index (κ1) is 26.2. The van der Waals surface area contributed by atoms with E-state index >= 15 is 0 Å². The maximum Gasteiger partial charge on any atom is 0.387 e. The van der Waals surface area contributed by atoms with Crippen LogP contribution in [0.3, 0.4) is 0 Å². The summed E-state index contributed by atoms with van der Waals surface area (Å²) in [6.07, 6.45) is 2.79. The van der Waals surface area contributed by atoms with Gasteiger partial charge in [0, 0.05) is 31.1 Å². The van der Waals surface area contributed by atoms with Gasteiger partial charge < -0.3 is 4.74 Å². The molecule has 1 amide bonds. The lowest BCUT2D eigenvalue weighted by molar-refractivity contribution is -0.121. The number of benzene rings is 2. The fourth-order valence-corrected chi connectivity index (χ4v) is 6.15. The summed E-state index contributed by atoms with van der Waals surface area (Å²) in [6.45, 7) is 3.21. The van der Waals surface area contributed by atoms with E-state index in [0.29, 0.717) is 35.5 Å². The van der Waals surface area contributed by atoms with Gasteiger partial charge in [0.2, 0.25) is 15.9 Å². The van der Waals surface area contributed by atoms with E-state index in [4.69, 9.17) is 0 Å². The van der Waals surface area contributed by atoms with Crippen LogP contribution >= 0.6 is 0 Å². The second kappa shape index (κ2) is 9.23. The minimum Gasteiger partial charge on any atom is -0.435 e. The molecule has 4 rings (SSSR count). The first-order valence-corrected chi connectivity index (χ1v) is 13.6. The van der Waals surface area contributed by atoms with E-state index in [1.54, 1.807) is 38.1 Å². The van der Waals surface area contributed by atoms with Gasteiger partial charge in [0.1, 0.15) is 5.75 Å². The van der Waals surface area contributed by atoms with Crippen molar-refractivity contribution in [2.24, 2.45) is 5.41 Å². The van der Waals surface area contributed by atoms with E-state index in [-0.39, 0.29) is 30.4 Å². The van der Waals surface area contributed by atoms with Gasteiger partial charge in [-0.2, -0.15) is 8.78 Å². The Balaban J connectivity index is 1.63. The number of anilines is 2. The number of alkyl halides is 2. The Labute approximate surface area is 210 Å². The van der Waals surface area contributed by atoms with Crippen LogP contribution in [0.2, 0.25) is 0 Å². The normalized spacial score (nSPS) is 22.1. The van der Waals surface area contributed by atoms with Crippen molar-refractivity contribution in [1.82, 2.24) is 4.31 Å². The van der Waals surface area contributed by atoms with Gasteiger partial charge >= 0.3 is 6.61 Å². The van der Waals surface area contributed by atoms with Gasteiger partial charge in [0.25, 0.3) is 0 Å². The van der Waals surface area contributed by atoms with Crippen molar-refractivity contribution in [3.05, 3.63) is 53.6 Å². The molecule has 1 fully saturated rings. The van der Waals surface area contributed by atoms with Crippen LogP contribution in [-0.4, -0.2) is 50.4 Å². The summed E-state index contributed by atoms with van der Waals surface area (Å²) in [4.78, 5) is 28.2. The Hall–Kier alpha value is -2.85. The number of carbonyl (C=O) groups is 2. The summed E-state index contributed by atoms with van der Waals surface area (Å²) < 4.78 is 55.4. The van der Waals surface area contributed by atoms with Crippen LogP contribution in [0.15, 0.2) is 42.5 Å². The van der Waals surface area contributed by atoms with Crippen LogP contribution < -0.4 is 9.64 Å². The molecule has 0 aromatic heterocycles. The highest BCUT2D eigenvalue weighted by Gasteiger charge is 2.45. The first-order chi connectivity index (χ1) is 16.7. The van der Waals surface area contributed by atoms with Crippen molar-refractivity contribution in [1.29, 1.82) is 0 Å². The molecule has 0 radical (unpaired) electrons. The molecule has 0 aliphatic carbocycles. The minimum absolute atomic E-state index is 0.0581. The van der Waals surface area contributed by atoms with Gasteiger partial charge in [-0.3, -0.25) is 14.5 Å². The van der Waals surface area contributed by atoms with Crippen molar-refractivity contribution in [3.8, 4) is 5.75 Å². The van der Waals surface area contributed by atoms with Gasteiger partial charge in [-0.15, -0.1) is 0 Å². The molecule has 194 valence electrons. The zero-order valence-corrected chi connectivity index (χ0v) is 21.6. The van der Waals surface area contributed by atoms with Gasteiger partial charge in [-0.25, -0.2) is 12.7 Å². The molecule has 36 heavy (non-hydrogen) atoms. The number of carbonyl (C=O) groups excluding carboxylic acids is 2. The first-order valence-electron chi connectivity index (χ1n) is 11.7.